The number of nitrogens with zero attached hydrogens (tertiary/aromatic N) is 2. The first-order valence-corrected chi connectivity index (χ1v) is 11.4. The monoisotopic (exact) mass is 499 g/mol. The van der Waals surface area contributed by atoms with Gasteiger partial charge in [0.2, 0.25) is 0 Å². The minimum Gasteiger partial charge on any atom is -0.507 e. The van der Waals surface area contributed by atoms with Gasteiger partial charge in [-0.25, -0.2) is 4.39 Å². The molecular weight excluding hydrogens is 477 g/mol. The first-order valence-electron chi connectivity index (χ1n) is 11.4. The maximum Gasteiger partial charge on any atom is 0.373 e. The highest BCUT2D eigenvalue weighted by Gasteiger charge is 2.45. The number of aliphatic hydroxyl groups excluding tert-OH is 1. The van der Waals surface area contributed by atoms with Crippen LogP contribution < -0.4 is 0 Å². The molecule has 2 aromatic carbocycles. The maximum absolute atomic E-state index is 13.6. The Hall–Kier alpha value is -4.88. The smallest absolute Gasteiger partial charge is 0.373 e. The van der Waals surface area contributed by atoms with E-state index in [1.807, 2.05) is 31.2 Å². The number of benzene rings is 2. The van der Waals surface area contributed by atoms with Gasteiger partial charge in [0.25, 0.3) is 11.7 Å². The van der Waals surface area contributed by atoms with Crippen molar-refractivity contribution in [3.8, 4) is 0 Å². The summed E-state index contributed by atoms with van der Waals surface area (Å²) in [4.78, 5) is 51.1. The summed E-state index contributed by atoms with van der Waals surface area (Å²) in [5.41, 5.74) is 3.77. The van der Waals surface area contributed by atoms with E-state index in [2.05, 4.69) is 9.97 Å². The van der Waals surface area contributed by atoms with Crippen molar-refractivity contribution in [2.45, 2.75) is 19.4 Å². The quantitative estimate of drug-likeness (QED) is 0.242. The normalized spacial score (nSPS) is 16.4. The van der Waals surface area contributed by atoms with Crippen LogP contribution in [-0.4, -0.2) is 44.4 Å². The molecule has 1 amide bonds. The second kappa shape index (κ2) is 10.8. The number of hydrogen-bond donors (Lipinski definition) is 2. The van der Waals surface area contributed by atoms with E-state index in [1.54, 1.807) is 30.6 Å². The fraction of sp³-hybridized carbons (Fsp3) is 0.143. The maximum atomic E-state index is 13.6. The fourth-order valence-corrected chi connectivity index (χ4v) is 4.47. The number of nitrogens with one attached hydrogen (secondary N) is 1. The highest BCUT2D eigenvalue weighted by Crippen LogP contribution is 2.39. The van der Waals surface area contributed by atoms with E-state index in [1.165, 1.54) is 23.2 Å². The van der Waals surface area contributed by atoms with Crippen molar-refractivity contribution in [3.63, 3.8) is 0 Å². The number of amides is 1. The Balaban J connectivity index is 0.00000102. The Morgan fingerprint density at radius 1 is 1.14 bits per heavy atom. The van der Waals surface area contributed by atoms with Crippen molar-refractivity contribution in [3.05, 3.63) is 107 Å². The number of hydrogen-bond acceptors (Lipinski definition) is 6. The second-order valence-corrected chi connectivity index (χ2v) is 8.48. The molecule has 0 bridgehead atoms. The topological polar surface area (TPSA) is 120 Å². The molecule has 1 fully saturated rings. The van der Waals surface area contributed by atoms with E-state index in [-0.39, 0.29) is 29.8 Å². The molecule has 4 aromatic rings. The third-order valence-corrected chi connectivity index (χ3v) is 6.22. The summed E-state index contributed by atoms with van der Waals surface area (Å²) in [6, 6.07) is 14.6. The average molecular weight is 499 g/mol. The minimum atomic E-state index is -0.733. The van der Waals surface area contributed by atoms with Gasteiger partial charge in [-0.15, -0.1) is 0 Å². The lowest BCUT2D eigenvalue weighted by Crippen LogP contribution is -2.31. The van der Waals surface area contributed by atoms with Gasteiger partial charge in [0.15, 0.2) is 0 Å². The van der Waals surface area contributed by atoms with Crippen LogP contribution in [-0.2, 0) is 25.6 Å². The molecule has 2 N–H and O–H groups in total. The molecule has 1 aliphatic rings. The molecule has 1 aliphatic heterocycles. The van der Waals surface area contributed by atoms with Crippen molar-refractivity contribution in [2.24, 2.45) is 0 Å². The van der Waals surface area contributed by atoms with Gasteiger partial charge in [0.1, 0.15) is 11.6 Å². The van der Waals surface area contributed by atoms with Crippen molar-refractivity contribution in [1.82, 2.24) is 14.9 Å². The number of aryl methyl sites for hydroxylation is 1. The molecule has 186 valence electrons. The van der Waals surface area contributed by atoms with Gasteiger partial charge in [-0.1, -0.05) is 29.8 Å². The van der Waals surface area contributed by atoms with E-state index < -0.39 is 17.7 Å². The molecule has 37 heavy (non-hydrogen) atoms. The third-order valence-electron chi connectivity index (χ3n) is 6.22. The molecule has 8 nitrogen and oxygen atoms in total. The van der Waals surface area contributed by atoms with Crippen LogP contribution in [0.4, 0.5) is 4.39 Å². The van der Waals surface area contributed by atoms with Crippen molar-refractivity contribution in [1.29, 1.82) is 0 Å². The van der Waals surface area contributed by atoms with Gasteiger partial charge < -0.3 is 15.0 Å². The molecular formula is C28H22FN3O5. The Bertz CT molecular complexity index is 1520. The standard InChI is InChI=1S/C27H22FN3O3.CO2/c1-16-4-6-17(7-5-16)24-23(25(32)19-3-2-11-29-14-19)26(33)27(34)31(24)12-10-18-15-30-22-13-20(28)8-9-21(18)22;2-1-3/h2-9,11,13-15,24,30,32H,10,12H2,1H3;. The molecule has 0 aliphatic carbocycles. The van der Waals surface area contributed by atoms with E-state index in [4.69, 9.17) is 9.59 Å². The van der Waals surface area contributed by atoms with Crippen LogP contribution in [0.3, 0.4) is 0 Å². The van der Waals surface area contributed by atoms with Crippen molar-refractivity contribution >= 4 is 34.5 Å². The second-order valence-electron chi connectivity index (χ2n) is 8.48. The average Bonchev–Trinajstić information content (AvgIpc) is 3.41. The number of aliphatic hydroxyl groups is 1. The zero-order valence-electron chi connectivity index (χ0n) is 19.8. The van der Waals surface area contributed by atoms with E-state index in [0.717, 1.165) is 22.1 Å². The number of pyridine rings is 1. The Morgan fingerprint density at radius 3 is 2.54 bits per heavy atom. The number of likely N-dealkylation sites (tertiary alicyclic amines) is 1. The first kappa shape index (κ1) is 25.2. The number of Topliss-reactive ketones (excluding diaryl/α,β-unsaturated/α-hetero) is 1. The van der Waals surface area contributed by atoms with Crippen LogP contribution in [0.1, 0.15) is 28.3 Å². The lowest BCUT2D eigenvalue weighted by Gasteiger charge is -2.25. The number of carbonyl (C=O) groups is 2. The van der Waals surface area contributed by atoms with Crippen LogP contribution in [0.2, 0.25) is 0 Å². The van der Waals surface area contributed by atoms with Gasteiger partial charge in [0, 0.05) is 41.6 Å². The molecule has 0 spiro atoms. The number of H-pyrrole nitrogens is 1. The van der Waals surface area contributed by atoms with Gasteiger partial charge in [-0.2, -0.15) is 9.59 Å². The van der Waals surface area contributed by atoms with E-state index >= 15 is 0 Å². The zero-order chi connectivity index (χ0) is 26.5. The summed E-state index contributed by atoms with van der Waals surface area (Å²) >= 11 is 0. The summed E-state index contributed by atoms with van der Waals surface area (Å²) in [5, 5.41) is 11.9. The first-order chi connectivity index (χ1) is 17.8. The summed E-state index contributed by atoms with van der Waals surface area (Å²) in [6.07, 6.45) is 5.52. The van der Waals surface area contributed by atoms with Crippen LogP contribution in [0.15, 0.2) is 78.8 Å². The van der Waals surface area contributed by atoms with Crippen LogP contribution >= 0.6 is 0 Å². The van der Waals surface area contributed by atoms with Crippen molar-refractivity contribution < 1.29 is 28.7 Å². The zero-order valence-corrected chi connectivity index (χ0v) is 19.8. The van der Waals surface area contributed by atoms with E-state index in [0.29, 0.717) is 17.5 Å². The molecule has 3 heterocycles. The number of halogens is 1. The number of carbonyl (C=O) groups excluding carboxylic acids is 4. The lowest BCUT2D eigenvalue weighted by molar-refractivity contribution is -0.191. The molecule has 5 rings (SSSR count). The number of rotatable bonds is 5. The Kier molecular flexibility index (Phi) is 7.36. The number of fused-ring (bicyclic) bond motifs is 1. The summed E-state index contributed by atoms with van der Waals surface area (Å²) in [6.45, 7) is 2.20. The fourth-order valence-electron chi connectivity index (χ4n) is 4.47. The van der Waals surface area contributed by atoms with Crippen LogP contribution in [0.5, 0.6) is 0 Å². The van der Waals surface area contributed by atoms with E-state index in [9.17, 15) is 19.1 Å². The van der Waals surface area contributed by atoms with Crippen LogP contribution in [0, 0.1) is 12.7 Å². The lowest BCUT2D eigenvalue weighted by atomic mass is 9.95. The molecule has 1 saturated heterocycles. The summed E-state index contributed by atoms with van der Waals surface area (Å²) in [7, 11) is 0. The molecule has 9 heteroatoms. The van der Waals surface area contributed by atoms with Gasteiger partial charge in [0.05, 0.1) is 11.6 Å². The SMILES string of the molecule is Cc1ccc(C2C(=C(O)c3cccnc3)C(=O)C(=O)N2CCc2c[nH]c3cc(F)ccc23)cc1.O=C=O. The largest absolute Gasteiger partial charge is 0.507 e. The predicted molar refractivity (Wildman–Crippen MR) is 131 cm³/mol. The molecule has 1 unspecified atom stereocenters. The molecule has 1 atom stereocenters. The number of aromatic nitrogens is 2. The Morgan fingerprint density at radius 2 is 1.86 bits per heavy atom. The number of ketones is 1. The Labute approximate surface area is 211 Å². The molecule has 0 saturated carbocycles. The summed E-state index contributed by atoms with van der Waals surface area (Å²) in [5.74, 6) is -1.97. The highest BCUT2D eigenvalue weighted by atomic mass is 19.1. The van der Waals surface area contributed by atoms with Gasteiger partial charge in [-0.3, -0.25) is 14.6 Å². The number of aromatic amines is 1. The molecule has 2 aromatic heterocycles. The van der Waals surface area contributed by atoms with Crippen LogP contribution in [0.25, 0.3) is 16.7 Å². The van der Waals surface area contributed by atoms with Crippen molar-refractivity contribution in [2.75, 3.05) is 6.54 Å². The minimum absolute atomic E-state index is 0.0443. The predicted octanol–water partition coefficient (Wildman–Crippen LogP) is 4.09. The summed E-state index contributed by atoms with van der Waals surface area (Å²) < 4.78 is 13.6. The van der Waals surface area contributed by atoms with Gasteiger partial charge in [-0.05, 0) is 54.8 Å². The highest BCUT2D eigenvalue weighted by molar-refractivity contribution is 6.46. The molecule has 0 radical (unpaired) electrons. The van der Waals surface area contributed by atoms with Gasteiger partial charge >= 0.3 is 6.15 Å². The third kappa shape index (κ3) is 5.07.